The third kappa shape index (κ3) is 5.40. The Morgan fingerprint density at radius 2 is 1.22 bits per heavy atom. The van der Waals surface area contributed by atoms with E-state index in [1.165, 1.54) is 33.5 Å². The Morgan fingerprint density at radius 1 is 0.625 bits per heavy atom. The van der Waals surface area contributed by atoms with Crippen LogP contribution in [0.25, 0.3) is 0 Å². The fourth-order valence-corrected chi connectivity index (χ4v) is 3.28. The summed E-state index contributed by atoms with van der Waals surface area (Å²) in [4.78, 5) is 37.1. The van der Waals surface area contributed by atoms with Crippen LogP contribution in [0.1, 0.15) is 42.2 Å². The number of aryl methyl sites for hydroxylation is 2. The second-order valence-corrected chi connectivity index (χ2v) is 7.15. The molecule has 3 aromatic rings. The van der Waals surface area contributed by atoms with Gasteiger partial charge in [0.05, 0.1) is 26.9 Å². The summed E-state index contributed by atoms with van der Waals surface area (Å²) in [5.41, 5.74) is 3.02. The van der Waals surface area contributed by atoms with Crippen LogP contribution in [-0.2, 0) is 17.6 Å². The molecule has 3 aromatic carbocycles. The quantitative estimate of drug-likeness (QED) is 0.284. The van der Waals surface area contributed by atoms with Crippen LogP contribution in [-0.4, -0.2) is 38.9 Å². The molecule has 3 rings (SSSR count). The van der Waals surface area contributed by atoms with Gasteiger partial charge in [0.1, 0.15) is 11.5 Å². The Balaban J connectivity index is 1.72. The molecule has 0 N–H and O–H groups in total. The zero-order valence-corrected chi connectivity index (χ0v) is 18.2. The zero-order valence-electron chi connectivity index (χ0n) is 18.2. The monoisotopic (exact) mass is 432 g/mol. The van der Waals surface area contributed by atoms with Gasteiger partial charge >= 0.3 is 5.97 Å². The molecule has 0 aliphatic carbocycles. The maximum atomic E-state index is 12.8. The maximum Gasteiger partial charge on any atom is 0.337 e. The van der Waals surface area contributed by atoms with E-state index in [9.17, 15) is 14.4 Å². The summed E-state index contributed by atoms with van der Waals surface area (Å²) in [7, 11) is 4.31. The van der Waals surface area contributed by atoms with Crippen LogP contribution in [0.5, 0.6) is 11.5 Å². The second kappa shape index (κ2) is 10.4. The summed E-state index contributed by atoms with van der Waals surface area (Å²) in [6.45, 7) is 0. The van der Waals surface area contributed by atoms with E-state index in [2.05, 4.69) is 0 Å². The molecule has 0 radical (unpaired) electrons. The van der Waals surface area contributed by atoms with Crippen LogP contribution in [0.3, 0.4) is 0 Å². The number of rotatable bonds is 9. The number of benzene rings is 3. The molecule has 0 saturated carbocycles. The van der Waals surface area contributed by atoms with Gasteiger partial charge < -0.3 is 14.2 Å². The van der Waals surface area contributed by atoms with Crippen LogP contribution in [0.4, 0.5) is 0 Å². The molecule has 0 fully saturated rings. The van der Waals surface area contributed by atoms with Crippen molar-refractivity contribution in [2.45, 2.75) is 12.8 Å². The first-order chi connectivity index (χ1) is 15.4. The Hall–Kier alpha value is -3.93. The van der Waals surface area contributed by atoms with Crippen molar-refractivity contribution in [2.24, 2.45) is 0 Å². The van der Waals surface area contributed by atoms with Crippen LogP contribution >= 0.6 is 0 Å². The number of esters is 1. The summed E-state index contributed by atoms with van der Waals surface area (Å²) in [6, 6.07) is 18.9. The van der Waals surface area contributed by atoms with Gasteiger partial charge in [0.2, 0.25) is 11.6 Å². The molecule has 0 heterocycles. The lowest BCUT2D eigenvalue weighted by Crippen LogP contribution is -2.15. The number of carbonyl (C=O) groups excluding carboxylic acids is 3. The fourth-order valence-electron chi connectivity index (χ4n) is 3.28. The number of carbonyl (C=O) groups is 3. The van der Waals surface area contributed by atoms with E-state index in [0.717, 1.165) is 17.5 Å². The van der Waals surface area contributed by atoms with Crippen molar-refractivity contribution in [2.75, 3.05) is 21.3 Å². The lowest BCUT2D eigenvalue weighted by Gasteiger charge is -2.08. The highest BCUT2D eigenvalue weighted by molar-refractivity contribution is 6.49. The first-order valence-electron chi connectivity index (χ1n) is 10.0. The fraction of sp³-hybridized carbons (Fsp3) is 0.192. The van der Waals surface area contributed by atoms with Crippen LogP contribution in [0.15, 0.2) is 66.7 Å². The van der Waals surface area contributed by atoms with Crippen molar-refractivity contribution < 1.29 is 28.6 Å². The molecule has 0 unspecified atom stereocenters. The number of ether oxygens (including phenoxy) is 3. The highest BCUT2D eigenvalue weighted by Gasteiger charge is 2.20. The lowest BCUT2D eigenvalue weighted by atomic mass is 9.97. The summed E-state index contributed by atoms with van der Waals surface area (Å²) in [5.74, 6) is -0.719. The normalized spacial score (nSPS) is 10.3. The number of methoxy groups -OCH3 is 3. The predicted molar refractivity (Wildman–Crippen MR) is 120 cm³/mol. The van der Waals surface area contributed by atoms with Gasteiger partial charge in [-0.05, 0) is 54.3 Å². The van der Waals surface area contributed by atoms with E-state index < -0.39 is 11.6 Å². The summed E-state index contributed by atoms with van der Waals surface area (Å²) < 4.78 is 15.1. The molecule has 6 heteroatoms. The van der Waals surface area contributed by atoms with Crippen molar-refractivity contribution in [3.05, 3.63) is 94.5 Å². The van der Waals surface area contributed by atoms with Crippen molar-refractivity contribution in [1.82, 2.24) is 0 Å². The molecule has 0 atom stereocenters. The smallest absolute Gasteiger partial charge is 0.337 e. The number of hydrogen-bond acceptors (Lipinski definition) is 6. The third-order valence-electron chi connectivity index (χ3n) is 5.09. The minimum atomic E-state index is -0.627. The van der Waals surface area contributed by atoms with Crippen molar-refractivity contribution >= 4 is 17.5 Å². The van der Waals surface area contributed by atoms with Crippen molar-refractivity contribution in [3.63, 3.8) is 0 Å². The highest BCUT2D eigenvalue weighted by atomic mass is 16.5. The molecular weight excluding hydrogens is 408 g/mol. The molecule has 0 aliphatic heterocycles. The van der Waals surface area contributed by atoms with Gasteiger partial charge in [-0.2, -0.15) is 0 Å². The molecular formula is C26H24O6. The van der Waals surface area contributed by atoms with Gasteiger partial charge in [0, 0.05) is 17.2 Å². The van der Waals surface area contributed by atoms with E-state index in [1.54, 1.807) is 36.4 Å². The standard InChI is InChI=1S/C26H24O6/c1-30-22-14-21(15-23(16-22)31-2)25(28)24(27)20-6-4-5-18(13-20)8-7-17-9-11-19(12-10-17)26(29)32-3/h4-6,9-16H,7-8H2,1-3H3. The summed E-state index contributed by atoms with van der Waals surface area (Å²) in [6.07, 6.45) is 1.40. The van der Waals surface area contributed by atoms with Gasteiger partial charge in [0.15, 0.2) is 0 Å². The zero-order chi connectivity index (χ0) is 23.1. The lowest BCUT2D eigenvalue weighted by molar-refractivity contribution is 0.0600. The predicted octanol–water partition coefficient (Wildman–Crippen LogP) is 4.34. The van der Waals surface area contributed by atoms with Gasteiger partial charge in [0.25, 0.3) is 0 Å². The number of ketones is 2. The number of Topliss-reactive ketones (excluding diaryl/α,β-unsaturated/α-hetero) is 2. The van der Waals surface area contributed by atoms with Gasteiger partial charge in [-0.1, -0.05) is 30.3 Å². The molecule has 32 heavy (non-hydrogen) atoms. The van der Waals surface area contributed by atoms with E-state index in [-0.39, 0.29) is 11.5 Å². The first-order valence-corrected chi connectivity index (χ1v) is 10.0. The Labute approximate surface area is 186 Å². The van der Waals surface area contributed by atoms with Gasteiger partial charge in [-0.25, -0.2) is 4.79 Å². The molecule has 0 aromatic heterocycles. The van der Waals surface area contributed by atoms with Crippen molar-refractivity contribution in [3.8, 4) is 11.5 Å². The number of hydrogen-bond donors (Lipinski definition) is 0. The van der Waals surface area contributed by atoms with E-state index in [1.807, 2.05) is 18.2 Å². The Morgan fingerprint density at radius 3 is 1.81 bits per heavy atom. The van der Waals surface area contributed by atoms with E-state index in [4.69, 9.17) is 14.2 Å². The average molecular weight is 432 g/mol. The SMILES string of the molecule is COC(=O)c1ccc(CCc2cccc(C(=O)C(=O)c3cc(OC)cc(OC)c3)c2)cc1. The highest BCUT2D eigenvalue weighted by Crippen LogP contribution is 2.24. The molecule has 0 aliphatic rings. The Bertz CT molecular complexity index is 1110. The minimum absolute atomic E-state index is 0.210. The topological polar surface area (TPSA) is 78.9 Å². The van der Waals surface area contributed by atoms with Gasteiger partial charge in [-0.15, -0.1) is 0 Å². The van der Waals surface area contributed by atoms with Crippen LogP contribution in [0.2, 0.25) is 0 Å². The van der Waals surface area contributed by atoms with Crippen molar-refractivity contribution in [1.29, 1.82) is 0 Å². The van der Waals surface area contributed by atoms with E-state index in [0.29, 0.717) is 29.0 Å². The van der Waals surface area contributed by atoms with Gasteiger partial charge in [-0.3, -0.25) is 9.59 Å². The first kappa shape index (κ1) is 22.7. The Kier molecular flexibility index (Phi) is 7.39. The minimum Gasteiger partial charge on any atom is -0.497 e. The molecule has 6 nitrogen and oxygen atoms in total. The molecule has 164 valence electrons. The van der Waals surface area contributed by atoms with Crippen LogP contribution in [0, 0.1) is 0 Å². The summed E-state index contributed by atoms with van der Waals surface area (Å²) in [5, 5.41) is 0. The summed E-state index contributed by atoms with van der Waals surface area (Å²) >= 11 is 0. The molecule has 0 saturated heterocycles. The second-order valence-electron chi connectivity index (χ2n) is 7.15. The van der Waals surface area contributed by atoms with Crippen LogP contribution < -0.4 is 9.47 Å². The molecule has 0 amide bonds. The third-order valence-corrected chi connectivity index (χ3v) is 5.09. The largest absolute Gasteiger partial charge is 0.497 e. The molecule has 0 spiro atoms. The van der Waals surface area contributed by atoms with E-state index >= 15 is 0 Å². The average Bonchev–Trinajstić information content (AvgIpc) is 2.86. The molecule has 0 bridgehead atoms. The maximum absolute atomic E-state index is 12.8.